The quantitative estimate of drug-likeness (QED) is 0.836. The number of hydrogen-bond acceptors (Lipinski definition) is 3. The van der Waals surface area contributed by atoms with Gasteiger partial charge < -0.3 is 10.2 Å². The zero-order valence-corrected chi connectivity index (χ0v) is 12.9. The maximum absolute atomic E-state index is 12.0. The molecule has 0 unspecified atom stereocenters. The summed E-state index contributed by atoms with van der Waals surface area (Å²) in [6.45, 7) is 1.65. The van der Waals surface area contributed by atoms with Gasteiger partial charge in [-0.25, -0.2) is 0 Å². The first-order valence-electron chi connectivity index (χ1n) is 7.06. The second-order valence-electron chi connectivity index (χ2n) is 5.09. The summed E-state index contributed by atoms with van der Waals surface area (Å²) in [6, 6.07) is 7.58. The molecule has 7 heteroatoms. The highest BCUT2D eigenvalue weighted by Crippen LogP contribution is 2.15. The van der Waals surface area contributed by atoms with Gasteiger partial charge in [0.15, 0.2) is 0 Å². The summed E-state index contributed by atoms with van der Waals surface area (Å²) in [5, 5.41) is 2.61. The van der Waals surface area contributed by atoms with Crippen molar-refractivity contribution in [1.29, 1.82) is 0 Å². The lowest BCUT2D eigenvalue weighted by molar-refractivity contribution is -0.128. The molecule has 1 heterocycles. The van der Waals surface area contributed by atoms with Crippen LogP contribution in [0, 0.1) is 0 Å². The number of carbonyl (C=O) groups excluding carboxylic acids is 2. The minimum atomic E-state index is -2.54. The molecule has 1 aromatic carbocycles. The summed E-state index contributed by atoms with van der Waals surface area (Å²) in [7, 11) is 0. The lowest BCUT2D eigenvalue weighted by Crippen LogP contribution is -2.25. The van der Waals surface area contributed by atoms with Crippen molar-refractivity contribution in [3.63, 3.8) is 0 Å². The largest absolute Gasteiger partial charge is 0.351 e. The highest BCUT2D eigenvalue weighted by atomic mass is 32.2. The van der Waals surface area contributed by atoms with E-state index in [2.05, 4.69) is 5.32 Å². The van der Waals surface area contributed by atoms with Crippen molar-refractivity contribution in [2.24, 2.45) is 0 Å². The molecule has 4 nitrogen and oxygen atoms in total. The SMILES string of the molecule is O=C(CSC(F)F)NCc1cccc(CN2CCCC2=O)c1. The van der Waals surface area contributed by atoms with E-state index in [0.29, 0.717) is 31.3 Å². The van der Waals surface area contributed by atoms with E-state index in [4.69, 9.17) is 0 Å². The molecule has 1 N–H and O–H groups in total. The topological polar surface area (TPSA) is 49.4 Å². The summed E-state index contributed by atoms with van der Waals surface area (Å²) in [4.78, 5) is 24.8. The van der Waals surface area contributed by atoms with Gasteiger partial charge in [-0.05, 0) is 17.5 Å². The fourth-order valence-corrected chi connectivity index (χ4v) is 2.70. The van der Waals surface area contributed by atoms with E-state index in [1.165, 1.54) is 0 Å². The first kappa shape index (κ1) is 16.7. The van der Waals surface area contributed by atoms with Gasteiger partial charge >= 0.3 is 0 Å². The molecule has 2 rings (SSSR count). The Morgan fingerprint density at radius 1 is 1.36 bits per heavy atom. The summed E-state index contributed by atoms with van der Waals surface area (Å²) >= 11 is 0.310. The summed E-state index contributed by atoms with van der Waals surface area (Å²) < 4.78 is 24.0. The molecule has 0 aromatic heterocycles. The van der Waals surface area contributed by atoms with Crippen molar-refractivity contribution in [2.75, 3.05) is 12.3 Å². The van der Waals surface area contributed by atoms with Crippen molar-refractivity contribution >= 4 is 23.6 Å². The van der Waals surface area contributed by atoms with E-state index in [0.717, 1.165) is 24.1 Å². The van der Waals surface area contributed by atoms with Crippen LogP contribution in [0.3, 0.4) is 0 Å². The van der Waals surface area contributed by atoms with Crippen molar-refractivity contribution in [3.05, 3.63) is 35.4 Å². The van der Waals surface area contributed by atoms with Crippen LogP contribution in [0.1, 0.15) is 24.0 Å². The van der Waals surface area contributed by atoms with Gasteiger partial charge in [-0.3, -0.25) is 9.59 Å². The van der Waals surface area contributed by atoms with Crippen LogP contribution in [-0.2, 0) is 22.7 Å². The molecule has 2 amide bonds. The summed E-state index contributed by atoms with van der Waals surface area (Å²) in [5.41, 5.74) is 1.89. The van der Waals surface area contributed by atoms with Gasteiger partial charge in [-0.2, -0.15) is 8.78 Å². The van der Waals surface area contributed by atoms with E-state index in [1.54, 1.807) is 0 Å². The first-order valence-corrected chi connectivity index (χ1v) is 8.11. The molecule has 1 fully saturated rings. The maximum Gasteiger partial charge on any atom is 0.285 e. The van der Waals surface area contributed by atoms with E-state index in [1.807, 2.05) is 29.2 Å². The van der Waals surface area contributed by atoms with E-state index in [-0.39, 0.29) is 11.7 Å². The van der Waals surface area contributed by atoms with Gasteiger partial charge in [0.2, 0.25) is 11.8 Å². The van der Waals surface area contributed by atoms with Crippen LogP contribution in [-0.4, -0.2) is 34.8 Å². The molecule has 1 aromatic rings. The minimum absolute atomic E-state index is 0.169. The molecule has 22 heavy (non-hydrogen) atoms. The van der Waals surface area contributed by atoms with Crippen LogP contribution in [0.5, 0.6) is 0 Å². The van der Waals surface area contributed by atoms with Crippen molar-refractivity contribution < 1.29 is 18.4 Å². The standard InChI is InChI=1S/C15H18F2N2O2S/c16-15(17)22-10-13(20)18-8-11-3-1-4-12(7-11)9-19-6-2-5-14(19)21/h1,3-4,7,15H,2,5-6,8-10H2,(H,18,20). The van der Waals surface area contributed by atoms with Gasteiger partial charge in [-0.1, -0.05) is 36.0 Å². The van der Waals surface area contributed by atoms with Crippen LogP contribution in [0.2, 0.25) is 0 Å². The molecule has 0 spiro atoms. The Balaban J connectivity index is 1.83. The number of carbonyl (C=O) groups is 2. The Labute approximate surface area is 132 Å². The number of nitrogens with zero attached hydrogens (tertiary/aromatic N) is 1. The van der Waals surface area contributed by atoms with Gasteiger partial charge in [0.25, 0.3) is 5.76 Å². The Kier molecular flexibility index (Phi) is 6.18. The van der Waals surface area contributed by atoms with Crippen LogP contribution < -0.4 is 5.32 Å². The number of alkyl halides is 2. The predicted octanol–water partition coefficient (Wildman–Crippen LogP) is 2.38. The van der Waals surface area contributed by atoms with Crippen LogP contribution in [0.25, 0.3) is 0 Å². The lowest BCUT2D eigenvalue weighted by atomic mass is 10.1. The second kappa shape index (κ2) is 8.12. The molecule has 0 atom stereocenters. The maximum atomic E-state index is 12.0. The number of likely N-dealkylation sites (tertiary alicyclic amines) is 1. The molecule has 120 valence electrons. The van der Waals surface area contributed by atoms with Gasteiger partial charge in [0, 0.05) is 26.1 Å². The molecule has 1 aliphatic rings. The molecule has 0 saturated carbocycles. The minimum Gasteiger partial charge on any atom is -0.351 e. The van der Waals surface area contributed by atoms with Gasteiger partial charge in [0.05, 0.1) is 5.75 Å². The zero-order valence-electron chi connectivity index (χ0n) is 12.1. The molecule has 1 saturated heterocycles. The second-order valence-corrected chi connectivity index (χ2v) is 6.07. The van der Waals surface area contributed by atoms with Crippen LogP contribution >= 0.6 is 11.8 Å². The van der Waals surface area contributed by atoms with E-state index < -0.39 is 11.7 Å². The van der Waals surface area contributed by atoms with Gasteiger partial charge in [-0.15, -0.1) is 0 Å². The van der Waals surface area contributed by atoms with E-state index >= 15 is 0 Å². The average Bonchev–Trinajstić information content (AvgIpc) is 2.88. The first-order chi connectivity index (χ1) is 10.5. The van der Waals surface area contributed by atoms with Crippen molar-refractivity contribution in [2.45, 2.75) is 31.7 Å². The number of rotatable bonds is 7. The Morgan fingerprint density at radius 2 is 2.14 bits per heavy atom. The Bertz CT molecular complexity index is 540. The molecule has 0 bridgehead atoms. The predicted molar refractivity (Wildman–Crippen MR) is 81.4 cm³/mol. The fourth-order valence-electron chi connectivity index (χ4n) is 2.32. The third-order valence-corrected chi connectivity index (χ3v) is 4.05. The number of hydrogen-bond donors (Lipinski definition) is 1. The summed E-state index contributed by atoms with van der Waals surface area (Å²) in [6.07, 6.45) is 1.51. The molecular formula is C15H18F2N2O2S. The Morgan fingerprint density at radius 3 is 2.82 bits per heavy atom. The molecule has 0 aliphatic carbocycles. The lowest BCUT2D eigenvalue weighted by Gasteiger charge is -2.16. The normalized spacial score (nSPS) is 14.7. The molecular weight excluding hydrogens is 310 g/mol. The monoisotopic (exact) mass is 328 g/mol. The third-order valence-electron chi connectivity index (χ3n) is 3.37. The number of nitrogens with one attached hydrogen (secondary N) is 1. The Hall–Kier alpha value is -1.63. The molecule has 1 aliphatic heterocycles. The van der Waals surface area contributed by atoms with E-state index in [9.17, 15) is 18.4 Å². The third kappa shape index (κ3) is 5.29. The number of benzene rings is 1. The highest BCUT2D eigenvalue weighted by Gasteiger charge is 2.19. The van der Waals surface area contributed by atoms with Crippen LogP contribution in [0.4, 0.5) is 8.78 Å². The number of halogens is 2. The number of thioether (sulfide) groups is 1. The summed E-state index contributed by atoms with van der Waals surface area (Å²) in [5.74, 6) is -3.03. The van der Waals surface area contributed by atoms with Crippen molar-refractivity contribution in [3.8, 4) is 0 Å². The average molecular weight is 328 g/mol. The zero-order chi connectivity index (χ0) is 15.9. The smallest absolute Gasteiger partial charge is 0.285 e. The molecule has 0 radical (unpaired) electrons. The van der Waals surface area contributed by atoms with Gasteiger partial charge in [0.1, 0.15) is 0 Å². The van der Waals surface area contributed by atoms with Crippen molar-refractivity contribution in [1.82, 2.24) is 10.2 Å². The number of amides is 2. The fraction of sp³-hybridized carbons (Fsp3) is 0.467. The highest BCUT2D eigenvalue weighted by molar-refractivity contribution is 8.00. The van der Waals surface area contributed by atoms with Crippen LogP contribution in [0.15, 0.2) is 24.3 Å².